The minimum absolute atomic E-state index is 0.0472. The second kappa shape index (κ2) is 15.0. The molecule has 2 nitrogen and oxygen atoms in total. The van der Waals surface area contributed by atoms with Crippen LogP contribution in [0.25, 0.3) is 0 Å². The van der Waals surface area contributed by atoms with Crippen molar-refractivity contribution in [1.82, 2.24) is 0 Å². The first kappa shape index (κ1) is 18.4. The van der Waals surface area contributed by atoms with Crippen LogP contribution in [0.4, 0.5) is 0 Å². The third kappa shape index (κ3) is 23.7. The van der Waals surface area contributed by atoms with E-state index in [1.54, 1.807) is 6.92 Å². The van der Waals surface area contributed by atoms with Crippen LogP contribution < -0.4 is 0 Å². The Morgan fingerprint density at radius 2 is 1.62 bits per heavy atom. The molecule has 0 amide bonds. The molecule has 0 bridgehead atoms. The summed E-state index contributed by atoms with van der Waals surface area (Å²) in [6.07, 6.45) is 6.52. The fraction of sp³-hybridized carbons (Fsp3) is 0.917. The lowest BCUT2D eigenvalue weighted by molar-refractivity contribution is -0.143. The second-order valence-electron chi connectivity index (χ2n) is 3.49. The maximum absolute atomic E-state index is 10.9. The minimum atomic E-state index is -0.222. The first-order valence-electron chi connectivity index (χ1n) is 5.98. The summed E-state index contributed by atoms with van der Waals surface area (Å²) in [4.78, 5) is 10.6. The van der Waals surface area contributed by atoms with Crippen LogP contribution >= 0.6 is 23.2 Å². The van der Waals surface area contributed by atoms with E-state index < -0.39 is 0 Å². The predicted molar refractivity (Wildman–Crippen MR) is 71.2 cm³/mol. The molecule has 0 radical (unpaired) electrons. The molecule has 0 saturated carbocycles. The Hall–Kier alpha value is 0.0500. The Labute approximate surface area is 110 Å². The van der Waals surface area contributed by atoms with Crippen molar-refractivity contribution in [2.24, 2.45) is 0 Å². The molecule has 0 rings (SSSR count). The smallest absolute Gasteiger partial charge is 0.305 e. The Bertz CT molecular complexity index is 147. The average Bonchev–Trinajstić information content (AvgIpc) is 2.17. The summed E-state index contributed by atoms with van der Waals surface area (Å²) in [5, 5.41) is 0. The molecule has 0 heterocycles. The van der Waals surface area contributed by atoms with E-state index in [2.05, 4.69) is 6.92 Å². The number of unbranched alkanes of at least 4 members (excludes halogenated alkanes) is 4. The highest BCUT2D eigenvalue weighted by Gasteiger charge is 1.99. The van der Waals surface area contributed by atoms with E-state index in [1.807, 2.05) is 6.92 Å². The fourth-order valence-electron chi connectivity index (χ4n) is 1.11. The number of ether oxygens (including phenoxy) is 1. The number of carbonyl (C=O) groups is 1. The molecule has 0 aliphatic heterocycles. The van der Waals surface area contributed by atoms with Gasteiger partial charge in [0.1, 0.15) is 4.84 Å². The van der Waals surface area contributed by atoms with Crippen LogP contribution in [0.15, 0.2) is 0 Å². The van der Waals surface area contributed by atoms with Gasteiger partial charge in [0, 0.05) is 6.42 Å². The van der Waals surface area contributed by atoms with E-state index in [9.17, 15) is 4.79 Å². The number of esters is 1. The Morgan fingerprint density at radius 1 is 1.12 bits per heavy atom. The van der Waals surface area contributed by atoms with Crippen molar-refractivity contribution < 1.29 is 9.53 Å². The lowest BCUT2D eigenvalue weighted by atomic mass is 10.1. The van der Waals surface area contributed by atoms with E-state index in [0.29, 0.717) is 13.0 Å². The largest absolute Gasteiger partial charge is 0.466 e. The Morgan fingerprint density at radius 3 is 2.06 bits per heavy atom. The van der Waals surface area contributed by atoms with Crippen molar-refractivity contribution in [3.05, 3.63) is 0 Å². The van der Waals surface area contributed by atoms with Crippen LogP contribution in [-0.2, 0) is 9.53 Å². The summed E-state index contributed by atoms with van der Waals surface area (Å²) >= 11 is 10.1. The van der Waals surface area contributed by atoms with E-state index in [4.69, 9.17) is 27.9 Å². The third-order valence-electron chi connectivity index (χ3n) is 1.79. The first-order valence-corrected chi connectivity index (χ1v) is 6.85. The average molecular weight is 271 g/mol. The Balaban J connectivity index is 0. The number of rotatable bonds is 7. The number of carbonyl (C=O) groups excluding carboxylic acids is 1. The molecule has 0 aromatic heterocycles. The number of alkyl halides is 2. The number of hydrogen-bond acceptors (Lipinski definition) is 2. The molecule has 16 heavy (non-hydrogen) atoms. The van der Waals surface area contributed by atoms with Gasteiger partial charge in [-0.05, 0) is 20.3 Å². The van der Waals surface area contributed by atoms with Gasteiger partial charge in [0.2, 0.25) is 0 Å². The van der Waals surface area contributed by atoms with E-state index >= 15 is 0 Å². The number of hydrogen-bond donors (Lipinski definition) is 0. The van der Waals surface area contributed by atoms with Gasteiger partial charge < -0.3 is 4.74 Å². The van der Waals surface area contributed by atoms with Gasteiger partial charge in [-0.2, -0.15) is 0 Å². The normalized spacial score (nSPS) is 9.62. The van der Waals surface area contributed by atoms with Crippen molar-refractivity contribution in [1.29, 1.82) is 0 Å². The van der Waals surface area contributed by atoms with Crippen LogP contribution in [0.3, 0.4) is 0 Å². The van der Waals surface area contributed by atoms with Gasteiger partial charge in [-0.15, -0.1) is 23.2 Å². The molecule has 0 atom stereocenters. The molecule has 0 aromatic carbocycles. The molecule has 0 fully saturated rings. The van der Waals surface area contributed by atoms with Crippen molar-refractivity contribution in [2.45, 2.75) is 64.1 Å². The zero-order valence-corrected chi connectivity index (χ0v) is 12.1. The highest BCUT2D eigenvalue weighted by Crippen LogP contribution is 2.05. The zero-order chi connectivity index (χ0) is 12.8. The van der Waals surface area contributed by atoms with Gasteiger partial charge >= 0.3 is 5.97 Å². The molecular weight excluding hydrogens is 247 g/mol. The highest BCUT2D eigenvalue weighted by molar-refractivity contribution is 6.43. The van der Waals surface area contributed by atoms with Crippen molar-refractivity contribution in [3.63, 3.8) is 0 Å². The summed E-state index contributed by atoms with van der Waals surface area (Å²) < 4.78 is 4.81. The minimum Gasteiger partial charge on any atom is -0.466 e. The summed E-state index contributed by atoms with van der Waals surface area (Å²) in [6, 6.07) is 0. The molecule has 0 N–H and O–H groups in total. The first-order chi connectivity index (χ1) is 7.54. The second-order valence-corrected chi connectivity index (χ2v) is 5.02. The monoisotopic (exact) mass is 270 g/mol. The molecule has 0 saturated heterocycles. The molecular formula is C12H24Cl2O2. The quantitative estimate of drug-likeness (QED) is 0.380. The maximum Gasteiger partial charge on any atom is 0.305 e. The van der Waals surface area contributed by atoms with Crippen LogP contribution in [-0.4, -0.2) is 17.4 Å². The van der Waals surface area contributed by atoms with Crippen molar-refractivity contribution in [3.8, 4) is 0 Å². The lowest BCUT2D eigenvalue weighted by Gasteiger charge is -2.00. The van der Waals surface area contributed by atoms with Gasteiger partial charge in [-0.3, -0.25) is 4.79 Å². The van der Waals surface area contributed by atoms with E-state index in [1.165, 1.54) is 19.3 Å². The molecule has 4 heteroatoms. The zero-order valence-electron chi connectivity index (χ0n) is 10.6. The predicted octanol–water partition coefficient (Wildman–Crippen LogP) is 4.72. The van der Waals surface area contributed by atoms with E-state index in [0.717, 1.165) is 12.8 Å². The van der Waals surface area contributed by atoms with Crippen molar-refractivity contribution >= 4 is 29.2 Å². The summed E-state index contributed by atoms with van der Waals surface area (Å²) in [5.41, 5.74) is 0. The SMILES string of the molecule is CC(Cl)Cl.CCCCCCCC(=O)OCC. The standard InChI is InChI=1S/C10H20O2.C2H4Cl2/c1-3-5-6-7-8-9-10(11)12-4-2;1-2(3)4/h3-9H2,1-2H3;2H,1H3. The van der Waals surface area contributed by atoms with Crippen molar-refractivity contribution in [2.75, 3.05) is 6.61 Å². The third-order valence-corrected chi connectivity index (χ3v) is 1.79. The highest BCUT2D eigenvalue weighted by atomic mass is 35.5. The molecule has 0 aliphatic carbocycles. The summed E-state index contributed by atoms with van der Waals surface area (Å²) in [6.45, 7) is 6.23. The molecule has 0 aromatic rings. The van der Waals surface area contributed by atoms with Gasteiger partial charge in [0.15, 0.2) is 0 Å². The summed E-state index contributed by atoms with van der Waals surface area (Å²) in [5.74, 6) is -0.0472. The molecule has 0 spiro atoms. The van der Waals surface area contributed by atoms with Gasteiger partial charge in [0.05, 0.1) is 6.61 Å². The lowest BCUT2D eigenvalue weighted by Crippen LogP contribution is -2.02. The number of halogens is 2. The van der Waals surface area contributed by atoms with Crippen LogP contribution in [0.2, 0.25) is 0 Å². The fourth-order valence-corrected chi connectivity index (χ4v) is 1.11. The topological polar surface area (TPSA) is 26.3 Å². The van der Waals surface area contributed by atoms with Gasteiger partial charge in [0.25, 0.3) is 0 Å². The van der Waals surface area contributed by atoms with Crippen LogP contribution in [0.1, 0.15) is 59.3 Å². The maximum atomic E-state index is 10.9. The summed E-state index contributed by atoms with van der Waals surface area (Å²) in [7, 11) is 0. The molecule has 0 unspecified atom stereocenters. The van der Waals surface area contributed by atoms with Gasteiger partial charge in [-0.1, -0.05) is 32.6 Å². The van der Waals surface area contributed by atoms with E-state index in [-0.39, 0.29) is 10.8 Å². The molecule has 0 aliphatic rings. The van der Waals surface area contributed by atoms with Crippen LogP contribution in [0, 0.1) is 0 Å². The van der Waals surface area contributed by atoms with Gasteiger partial charge in [-0.25, -0.2) is 0 Å². The molecule has 98 valence electrons. The van der Waals surface area contributed by atoms with Crippen LogP contribution in [0.5, 0.6) is 0 Å². The Kier molecular flexibility index (Phi) is 17.3.